The molecule has 2 aromatic carbocycles. The fraction of sp³-hybridized carbons (Fsp3) is 0.263. The van der Waals surface area contributed by atoms with Gasteiger partial charge in [-0.1, -0.05) is 41.7 Å². The zero-order valence-corrected chi connectivity index (χ0v) is 16.6. The number of carbonyl (C=O) groups is 2. The molecule has 27 heavy (non-hydrogen) atoms. The zero-order valence-electron chi connectivity index (χ0n) is 14.4. The molecule has 0 spiro atoms. The quantitative estimate of drug-likeness (QED) is 0.487. The van der Waals surface area contributed by atoms with Gasteiger partial charge >= 0.3 is 0 Å². The minimum Gasteiger partial charge on any atom is -0.449 e. The Morgan fingerprint density at radius 2 is 1.63 bits per heavy atom. The van der Waals surface area contributed by atoms with E-state index in [4.69, 9.17) is 50.0 Å². The summed E-state index contributed by atoms with van der Waals surface area (Å²) in [6, 6.07) is 6.17. The molecule has 0 saturated carbocycles. The Bertz CT molecular complexity index is 930. The van der Waals surface area contributed by atoms with E-state index >= 15 is 0 Å². The number of carbonyl (C=O) groups excluding carboxylic acids is 2. The Morgan fingerprint density at radius 3 is 2.26 bits per heavy atom. The first-order valence-electron chi connectivity index (χ1n) is 8.27. The van der Waals surface area contributed by atoms with Gasteiger partial charge in [0.25, 0.3) is 0 Å². The van der Waals surface area contributed by atoms with Crippen molar-refractivity contribution in [1.29, 1.82) is 0 Å². The Morgan fingerprint density at radius 1 is 1.00 bits per heavy atom. The van der Waals surface area contributed by atoms with Gasteiger partial charge in [-0.3, -0.25) is 9.59 Å². The van der Waals surface area contributed by atoms with E-state index in [0.717, 1.165) is 0 Å². The van der Waals surface area contributed by atoms with Gasteiger partial charge in [-0.05, 0) is 18.9 Å². The maximum atomic E-state index is 12.9. The maximum Gasteiger partial charge on any atom is 0.217 e. The van der Waals surface area contributed by atoms with Gasteiger partial charge in [0.1, 0.15) is 0 Å². The number of hydrogen-bond acceptors (Lipinski definition) is 4. The van der Waals surface area contributed by atoms with Crippen molar-refractivity contribution in [1.82, 2.24) is 0 Å². The predicted molar refractivity (Wildman–Crippen MR) is 105 cm³/mol. The Kier molecular flexibility index (Phi) is 5.84. The van der Waals surface area contributed by atoms with Crippen LogP contribution in [-0.4, -0.2) is 11.7 Å². The predicted octanol–water partition coefficient (Wildman–Crippen LogP) is 6.02. The summed E-state index contributed by atoms with van der Waals surface area (Å²) < 4.78 is 11.7. The number of hydrogen-bond donors (Lipinski definition) is 1. The number of primary amides is 1. The lowest BCUT2D eigenvalue weighted by atomic mass is 9.93. The summed E-state index contributed by atoms with van der Waals surface area (Å²) in [6.07, 6.45) is 1.28. The first-order chi connectivity index (χ1) is 12.8. The molecule has 1 unspecified atom stereocenters. The number of fused-ring (bicyclic) bond motifs is 2. The molecule has 0 saturated heterocycles. The van der Waals surface area contributed by atoms with Gasteiger partial charge < -0.3 is 15.2 Å². The fourth-order valence-corrected chi connectivity index (χ4v) is 3.33. The highest BCUT2D eigenvalue weighted by Gasteiger charge is 2.28. The van der Waals surface area contributed by atoms with Gasteiger partial charge in [-0.25, -0.2) is 0 Å². The van der Waals surface area contributed by atoms with Crippen molar-refractivity contribution in [2.45, 2.75) is 26.2 Å². The van der Waals surface area contributed by atoms with Crippen LogP contribution >= 0.6 is 34.8 Å². The van der Waals surface area contributed by atoms with E-state index < -0.39 is 5.91 Å². The van der Waals surface area contributed by atoms with Crippen LogP contribution in [0.25, 0.3) is 0 Å². The SMILES string of the molecule is CC(CCCC(N)=O)C(=O)c1cc(Cl)cc2c1Oc1cc(Cl)c(Cl)cc1O2. The third kappa shape index (κ3) is 4.32. The van der Waals surface area contributed by atoms with Gasteiger partial charge in [0.15, 0.2) is 28.8 Å². The van der Waals surface area contributed by atoms with Crippen LogP contribution in [0.3, 0.4) is 0 Å². The monoisotopic (exact) mass is 427 g/mol. The van der Waals surface area contributed by atoms with E-state index in [1.165, 1.54) is 12.1 Å². The van der Waals surface area contributed by atoms with Gasteiger partial charge in [0.05, 0.1) is 15.6 Å². The standard InChI is InChI=1S/C19H16Cl3NO4/c1-9(3-2-4-17(23)24)18(25)11-5-10(20)6-16-19(11)27-15-8-13(22)12(21)7-14(15)26-16/h5-9H,2-4H2,1H3,(H2,23,24). The molecule has 8 heteroatoms. The second-order valence-electron chi connectivity index (χ2n) is 6.32. The van der Waals surface area contributed by atoms with Crippen LogP contribution in [0.15, 0.2) is 24.3 Å². The average molecular weight is 429 g/mol. The third-order valence-corrected chi connectivity index (χ3v) is 5.15. The van der Waals surface area contributed by atoms with Crippen molar-refractivity contribution in [2.24, 2.45) is 11.7 Å². The van der Waals surface area contributed by atoms with Gasteiger partial charge in [0, 0.05) is 35.6 Å². The summed E-state index contributed by atoms with van der Waals surface area (Å²) >= 11 is 18.2. The Hall–Kier alpha value is -1.95. The third-order valence-electron chi connectivity index (χ3n) is 4.21. The molecular weight excluding hydrogens is 413 g/mol. The zero-order chi connectivity index (χ0) is 19.7. The van der Waals surface area contributed by atoms with E-state index in [1.54, 1.807) is 19.1 Å². The smallest absolute Gasteiger partial charge is 0.217 e. The summed E-state index contributed by atoms with van der Waals surface area (Å²) in [7, 11) is 0. The van der Waals surface area contributed by atoms with Crippen LogP contribution in [-0.2, 0) is 4.79 Å². The summed E-state index contributed by atoms with van der Waals surface area (Å²) in [4.78, 5) is 23.8. The van der Waals surface area contributed by atoms with E-state index in [-0.39, 0.29) is 23.9 Å². The van der Waals surface area contributed by atoms with Crippen molar-refractivity contribution in [3.05, 3.63) is 44.9 Å². The molecule has 1 aliphatic rings. The van der Waals surface area contributed by atoms with Crippen LogP contribution in [0.2, 0.25) is 15.1 Å². The first kappa shape index (κ1) is 19.8. The van der Waals surface area contributed by atoms with Crippen LogP contribution in [0.1, 0.15) is 36.5 Å². The second-order valence-corrected chi connectivity index (χ2v) is 7.57. The molecule has 3 rings (SSSR count). The number of ether oxygens (including phenoxy) is 2. The molecule has 2 N–H and O–H groups in total. The highest BCUT2D eigenvalue weighted by atomic mass is 35.5. The van der Waals surface area contributed by atoms with Crippen LogP contribution < -0.4 is 15.2 Å². The number of rotatable bonds is 6. The molecule has 0 fully saturated rings. The van der Waals surface area contributed by atoms with Crippen LogP contribution in [0.4, 0.5) is 0 Å². The van der Waals surface area contributed by atoms with Gasteiger partial charge in [-0.15, -0.1) is 0 Å². The Balaban J connectivity index is 1.90. The minimum atomic E-state index is -0.390. The van der Waals surface area contributed by atoms with E-state index in [9.17, 15) is 9.59 Å². The number of halogens is 3. The second kappa shape index (κ2) is 7.97. The van der Waals surface area contributed by atoms with E-state index in [1.807, 2.05) is 0 Å². The summed E-state index contributed by atoms with van der Waals surface area (Å²) in [5.41, 5.74) is 5.45. The molecule has 1 amide bonds. The Labute approximate surface area is 171 Å². The highest BCUT2D eigenvalue weighted by molar-refractivity contribution is 6.42. The first-order valence-corrected chi connectivity index (χ1v) is 9.40. The van der Waals surface area contributed by atoms with Crippen molar-refractivity contribution >= 4 is 46.5 Å². The molecule has 5 nitrogen and oxygen atoms in total. The molecule has 0 aromatic heterocycles. The molecule has 0 bridgehead atoms. The molecule has 1 heterocycles. The van der Waals surface area contributed by atoms with Crippen LogP contribution in [0.5, 0.6) is 23.0 Å². The molecule has 0 radical (unpaired) electrons. The largest absolute Gasteiger partial charge is 0.449 e. The molecule has 142 valence electrons. The molecular formula is C19H16Cl3NO4. The summed E-state index contributed by atoms with van der Waals surface area (Å²) in [5.74, 6) is 0.439. The molecule has 1 atom stereocenters. The fourth-order valence-electron chi connectivity index (χ4n) is 2.81. The average Bonchev–Trinajstić information content (AvgIpc) is 2.59. The molecule has 2 aromatic rings. The van der Waals surface area contributed by atoms with Crippen molar-refractivity contribution < 1.29 is 19.1 Å². The minimum absolute atomic E-state index is 0.162. The van der Waals surface area contributed by atoms with Crippen molar-refractivity contribution in [3.63, 3.8) is 0 Å². The highest BCUT2D eigenvalue weighted by Crippen LogP contribution is 2.50. The summed E-state index contributed by atoms with van der Waals surface area (Å²) in [6.45, 7) is 1.78. The van der Waals surface area contributed by atoms with E-state index in [2.05, 4.69) is 0 Å². The maximum absolute atomic E-state index is 12.9. The van der Waals surface area contributed by atoms with Crippen molar-refractivity contribution in [3.8, 4) is 23.0 Å². The number of Topliss-reactive ketones (excluding diaryl/α,β-unsaturated/α-hetero) is 1. The van der Waals surface area contributed by atoms with Crippen LogP contribution in [0, 0.1) is 5.92 Å². The van der Waals surface area contributed by atoms with Crippen molar-refractivity contribution in [2.75, 3.05) is 0 Å². The number of amides is 1. The normalized spacial score (nSPS) is 13.0. The number of ketones is 1. The summed E-state index contributed by atoms with van der Waals surface area (Å²) in [5, 5.41) is 0.974. The molecule has 0 aliphatic carbocycles. The lowest BCUT2D eigenvalue weighted by molar-refractivity contribution is -0.118. The lowest BCUT2D eigenvalue weighted by Crippen LogP contribution is -2.16. The molecule has 1 aliphatic heterocycles. The number of nitrogens with two attached hydrogens (primary N) is 1. The topological polar surface area (TPSA) is 78.6 Å². The van der Waals surface area contributed by atoms with Gasteiger partial charge in [-0.2, -0.15) is 0 Å². The van der Waals surface area contributed by atoms with E-state index in [0.29, 0.717) is 50.7 Å². The lowest BCUT2D eigenvalue weighted by Gasteiger charge is -2.24. The number of benzene rings is 2. The van der Waals surface area contributed by atoms with Gasteiger partial charge in [0.2, 0.25) is 5.91 Å².